The topological polar surface area (TPSA) is 128 Å². The predicted molar refractivity (Wildman–Crippen MR) is 168 cm³/mol. The third kappa shape index (κ3) is 5.84. The van der Waals surface area contributed by atoms with Crippen molar-refractivity contribution in [1.82, 2.24) is 35.0 Å². The molecule has 224 valence electrons. The van der Waals surface area contributed by atoms with Crippen LogP contribution in [-0.2, 0) is 4.79 Å². The molecule has 10 nitrogen and oxygen atoms in total. The van der Waals surface area contributed by atoms with Gasteiger partial charge in [0.05, 0.1) is 22.8 Å². The van der Waals surface area contributed by atoms with Crippen molar-refractivity contribution in [2.24, 2.45) is 0 Å². The summed E-state index contributed by atoms with van der Waals surface area (Å²) in [5.74, 6) is -0.724. The molecule has 4 aromatic heterocycles. The molecule has 0 saturated heterocycles. The first-order valence-electron chi connectivity index (χ1n) is 14.3. The number of benzene rings is 2. The zero-order chi connectivity index (χ0) is 30.8. The highest BCUT2D eigenvalue weighted by molar-refractivity contribution is 5.98. The number of aromatic amines is 2. The molecule has 0 fully saturated rings. The van der Waals surface area contributed by atoms with Gasteiger partial charge in [0, 0.05) is 54.3 Å². The number of pyridine rings is 2. The number of imidazole rings is 1. The van der Waals surface area contributed by atoms with Gasteiger partial charge in [-0.25, -0.2) is 18.7 Å². The van der Waals surface area contributed by atoms with E-state index < -0.39 is 5.82 Å². The Labute approximate surface area is 252 Å². The fourth-order valence-corrected chi connectivity index (χ4v) is 5.10. The molecule has 2 aromatic carbocycles. The number of rotatable bonds is 10. The van der Waals surface area contributed by atoms with E-state index in [1.54, 1.807) is 36.7 Å². The second kappa shape index (κ2) is 12.2. The number of carbonyl (C=O) groups is 1. The van der Waals surface area contributed by atoms with E-state index in [-0.39, 0.29) is 22.8 Å². The molecule has 0 unspecified atom stereocenters. The standard InChI is InChI=1S/C32H31F2N9O/c1-4-5-26(44)38-22-14-19(16-35-17-22)23-6-7-25-27(28(23)34)30(42-41-25)32-39-29-24(8-9-37-31(29)40-32)18-12-20(33)15-21(13-18)36-10-11-43(2)3/h6-9,12-17,36H,4-5,10-11H2,1-3H3,(H,38,44)(H,41,42)(H,37,39,40). The molecule has 0 saturated carbocycles. The van der Waals surface area contributed by atoms with Crippen LogP contribution >= 0.6 is 0 Å². The maximum Gasteiger partial charge on any atom is 0.224 e. The van der Waals surface area contributed by atoms with Gasteiger partial charge in [-0.2, -0.15) is 5.10 Å². The summed E-state index contributed by atoms with van der Waals surface area (Å²) >= 11 is 0. The highest BCUT2D eigenvalue weighted by Crippen LogP contribution is 2.36. The zero-order valence-corrected chi connectivity index (χ0v) is 24.5. The van der Waals surface area contributed by atoms with Crippen LogP contribution in [-0.4, -0.2) is 68.1 Å². The molecule has 12 heteroatoms. The molecule has 1 amide bonds. The molecule has 0 radical (unpaired) electrons. The lowest BCUT2D eigenvalue weighted by atomic mass is 10.0. The van der Waals surface area contributed by atoms with Crippen molar-refractivity contribution >= 4 is 39.3 Å². The lowest BCUT2D eigenvalue weighted by molar-refractivity contribution is -0.116. The van der Waals surface area contributed by atoms with E-state index in [9.17, 15) is 9.18 Å². The maximum atomic E-state index is 16.2. The molecular weight excluding hydrogens is 564 g/mol. The van der Waals surface area contributed by atoms with Crippen LogP contribution in [0.1, 0.15) is 19.8 Å². The minimum absolute atomic E-state index is 0.132. The summed E-state index contributed by atoms with van der Waals surface area (Å²) in [6, 6.07) is 11.6. The van der Waals surface area contributed by atoms with Gasteiger partial charge in [0.1, 0.15) is 22.8 Å². The number of H-pyrrole nitrogens is 2. The lowest BCUT2D eigenvalue weighted by Gasteiger charge is -2.12. The molecule has 44 heavy (non-hydrogen) atoms. The van der Waals surface area contributed by atoms with Crippen LogP contribution in [0.5, 0.6) is 0 Å². The predicted octanol–water partition coefficient (Wildman–Crippen LogP) is 6.22. The second-order valence-corrected chi connectivity index (χ2v) is 10.8. The average molecular weight is 596 g/mol. The average Bonchev–Trinajstić information content (AvgIpc) is 3.62. The Morgan fingerprint density at radius 3 is 2.66 bits per heavy atom. The first kappa shape index (κ1) is 28.9. The summed E-state index contributed by atoms with van der Waals surface area (Å²) in [6.45, 7) is 3.37. The van der Waals surface area contributed by atoms with Crippen LogP contribution in [0.3, 0.4) is 0 Å². The Kier molecular flexibility index (Phi) is 7.99. The summed E-state index contributed by atoms with van der Waals surface area (Å²) in [5.41, 5.74) is 4.93. The number of nitrogens with one attached hydrogen (secondary N) is 4. The Morgan fingerprint density at radius 2 is 1.84 bits per heavy atom. The smallest absolute Gasteiger partial charge is 0.224 e. The maximum absolute atomic E-state index is 16.2. The summed E-state index contributed by atoms with van der Waals surface area (Å²) < 4.78 is 30.9. The van der Waals surface area contributed by atoms with E-state index in [0.29, 0.717) is 75.5 Å². The molecule has 0 bridgehead atoms. The van der Waals surface area contributed by atoms with E-state index in [2.05, 4.69) is 35.8 Å². The number of carbonyl (C=O) groups excluding carboxylic acids is 1. The molecule has 0 aliphatic carbocycles. The van der Waals surface area contributed by atoms with Crippen LogP contribution in [0.15, 0.2) is 61.1 Å². The fraction of sp³-hybridized carbons (Fsp3) is 0.219. The van der Waals surface area contributed by atoms with Gasteiger partial charge in [-0.1, -0.05) is 6.92 Å². The van der Waals surface area contributed by atoms with Crippen LogP contribution < -0.4 is 10.6 Å². The summed E-state index contributed by atoms with van der Waals surface area (Å²) in [7, 11) is 3.95. The van der Waals surface area contributed by atoms with Crippen molar-refractivity contribution < 1.29 is 13.6 Å². The fourth-order valence-electron chi connectivity index (χ4n) is 5.10. The van der Waals surface area contributed by atoms with Crippen LogP contribution in [0, 0.1) is 11.6 Å². The van der Waals surface area contributed by atoms with Crippen LogP contribution in [0.4, 0.5) is 20.2 Å². The molecule has 0 aliphatic rings. The van der Waals surface area contributed by atoms with Crippen LogP contribution in [0.25, 0.3) is 55.8 Å². The zero-order valence-electron chi connectivity index (χ0n) is 24.5. The van der Waals surface area contributed by atoms with E-state index >= 15 is 4.39 Å². The lowest BCUT2D eigenvalue weighted by Crippen LogP contribution is -2.20. The SMILES string of the molecule is CCCC(=O)Nc1cncc(-c2ccc3[nH]nc(-c4nc5c(-c6cc(F)cc(NCCN(C)C)c6)ccnc5[nH]4)c3c2F)c1. The van der Waals surface area contributed by atoms with Gasteiger partial charge in [-0.3, -0.25) is 14.9 Å². The number of fused-ring (bicyclic) bond motifs is 2. The number of aromatic nitrogens is 6. The van der Waals surface area contributed by atoms with Crippen molar-refractivity contribution in [3.05, 3.63) is 72.7 Å². The number of amides is 1. The molecule has 0 aliphatic heterocycles. The molecule has 4 heterocycles. The monoisotopic (exact) mass is 595 g/mol. The normalized spacial score (nSPS) is 11.5. The van der Waals surface area contributed by atoms with Crippen molar-refractivity contribution in [2.45, 2.75) is 19.8 Å². The van der Waals surface area contributed by atoms with Crippen molar-refractivity contribution in [2.75, 3.05) is 37.8 Å². The number of anilines is 2. The number of hydrogen-bond donors (Lipinski definition) is 4. The summed E-state index contributed by atoms with van der Waals surface area (Å²) in [4.78, 5) is 30.7. The highest BCUT2D eigenvalue weighted by Gasteiger charge is 2.21. The number of halogens is 2. The minimum Gasteiger partial charge on any atom is -0.384 e. The Balaban J connectivity index is 1.38. The number of likely N-dealkylation sites (N-methyl/N-ethyl adjacent to an activating group) is 1. The molecular formula is C32H31F2N9O. The van der Waals surface area contributed by atoms with E-state index in [1.807, 2.05) is 32.0 Å². The molecule has 0 atom stereocenters. The largest absolute Gasteiger partial charge is 0.384 e. The van der Waals surface area contributed by atoms with E-state index in [0.717, 1.165) is 6.54 Å². The summed E-state index contributed by atoms with van der Waals surface area (Å²) in [6.07, 6.45) is 5.77. The Hall–Kier alpha value is -5.23. The quantitative estimate of drug-likeness (QED) is 0.148. The molecule has 4 N–H and O–H groups in total. The van der Waals surface area contributed by atoms with E-state index in [4.69, 9.17) is 4.98 Å². The van der Waals surface area contributed by atoms with Gasteiger partial charge in [-0.05, 0) is 68.5 Å². The van der Waals surface area contributed by atoms with Gasteiger partial charge in [0.2, 0.25) is 5.91 Å². The van der Waals surface area contributed by atoms with Gasteiger partial charge in [0.25, 0.3) is 0 Å². The molecule has 0 spiro atoms. The number of hydrogen-bond acceptors (Lipinski definition) is 7. The van der Waals surface area contributed by atoms with Gasteiger partial charge in [0.15, 0.2) is 11.5 Å². The third-order valence-corrected chi connectivity index (χ3v) is 7.18. The molecule has 6 aromatic rings. The van der Waals surface area contributed by atoms with E-state index in [1.165, 1.54) is 18.3 Å². The highest BCUT2D eigenvalue weighted by atomic mass is 19.1. The Bertz CT molecular complexity index is 1980. The summed E-state index contributed by atoms with van der Waals surface area (Å²) in [5, 5.41) is 13.6. The van der Waals surface area contributed by atoms with Gasteiger partial charge < -0.3 is 20.5 Å². The third-order valence-electron chi connectivity index (χ3n) is 7.18. The van der Waals surface area contributed by atoms with Crippen LogP contribution in [0.2, 0.25) is 0 Å². The van der Waals surface area contributed by atoms with Gasteiger partial charge >= 0.3 is 0 Å². The van der Waals surface area contributed by atoms with Crippen molar-refractivity contribution in [3.63, 3.8) is 0 Å². The van der Waals surface area contributed by atoms with Crippen molar-refractivity contribution in [3.8, 4) is 33.8 Å². The first-order valence-corrected chi connectivity index (χ1v) is 14.3. The van der Waals surface area contributed by atoms with Gasteiger partial charge in [-0.15, -0.1) is 0 Å². The number of nitrogens with zero attached hydrogens (tertiary/aromatic N) is 5. The minimum atomic E-state index is -0.516. The molecule has 6 rings (SSSR count). The second-order valence-electron chi connectivity index (χ2n) is 10.8. The Morgan fingerprint density at radius 1 is 1.00 bits per heavy atom. The first-order chi connectivity index (χ1) is 21.3. The van der Waals surface area contributed by atoms with Crippen molar-refractivity contribution in [1.29, 1.82) is 0 Å².